The second-order valence-corrected chi connectivity index (χ2v) is 6.94. The summed E-state index contributed by atoms with van der Waals surface area (Å²) in [6.45, 7) is 4.73. The Labute approximate surface area is 146 Å². The summed E-state index contributed by atoms with van der Waals surface area (Å²) < 4.78 is 16.4. The molecular formula is C17H16FN3O3S. The maximum atomic E-state index is 14.7. The van der Waals surface area contributed by atoms with Crippen LogP contribution in [0.3, 0.4) is 0 Å². The minimum Gasteiger partial charge on any atom is -0.477 e. The summed E-state index contributed by atoms with van der Waals surface area (Å²) in [4.78, 5) is 26.5. The number of carbonyl (C=O) groups is 1. The zero-order valence-corrected chi connectivity index (χ0v) is 14.3. The number of nitrogens with one attached hydrogen (secondary N) is 1. The van der Waals surface area contributed by atoms with E-state index in [1.54, 1.807) is 15.8 Å². The molecule has 4 rings (SSSR count). The molecule has 8 heteroatoms. The van der Waals surface area contributed by atoms with Gasteiger partial charge in [-0.3, -0.25) is 4.79 Å². The number of thiazole rings is 1. The van der Waals surface area contributed by atoms with Crippen LogP contribution in [0.2, 0.25) is 0 Å². The number of anilines is 1. The highest BCUT2D eigenvalue weighted by Crippen LogP contribution is 2.29. The Morgan fingerprint density at radius 3 is 2.72 bits per heavy atom. The van der Waals surface area contributed by atoms with Crippen molar-refractivity contribution in [1.82, 2.24) is 9.72 Å². The third-order valence-electron chi connectivity index (χ3n) is 4.56. The van der Waals surface area contributed by atoms with Crippen molar-refractivity contribution in [3.63, 3.8) is 0 Å². The van der Waals surface area contributed by atoms with Crippen LogP contribution in [0.25, 0.3) is 15.7 Å². The summed E-state index contributed by atoms with van der Waals surface area (Å²) in [5.74, 6) is -1.80. The molecule has 130 valence electrons. The van der Waals surface area contributed by atoms with E-state index in [1.807, 2.05) is 11.8 Å². The summed E-state index contributed by atoms with van der Waals surface area (Å²) in [7, 11) is 0. The number of hydrogen-bond acceptors (Lipinski definition) is 5. The molecule has 25 heavy (non-hydrogen) atoms. The van der Waals surface area contributed by atoms with Crippen molar-refractivity contribution in [2.75, 3.05) is 31.1 Å². The van der Waals surface area contributed by atoms with Crippen molar-refractivity contribution in [3.05, 3.63) is 44.8 Å². The molecule has 3 aromatic rings. The van der Waals surface area contributed by atoms with Crippen LogP contribution in [-0.2, 0) is 0 Å². The zero-order chi connectivity index (χ0) is 17.7. The summed E-state index contributed by atoms with van der Waals surface area (Å²) in [6, 6.07) is 2.83. The van der Waals surface area contributed by atoms with Crippen LogP contribution in [0.4, 0.5) is 10.1 Å². The average Bonchev–Trinajstić information content (AvgIpc) is 2.97. The Hall–Kier alpha value is -2.45. The van der Waals surface area contributed by atoms with Crippen molar-refractivity contribution >= 4 is 38.7 Å². The van der Waals surface area contributed by atoms with E-state index in [4.69, 9.17) is 0 Å². The summed E-state index contributed by atoms with van der Waals surface area (Å²) in [6.07, 6.45) is 0. The maximum absolute atomic E-state index is 14.7. The molecule has 1 fully saturated rings. The Kier molecular flexibility index (Phi) is 3.73. The maximum Gasteiger partial charge on any atom is 0.342 e. The molecule has 0 unspecified atom stereocenters. The van der Waals surface area contributed by atoms with Gasteiger partial charge in [0.25, 0.3) is 0 Å². The molecule has 0 bridgehead atoms. The van der Waals surface area contributed by atoms with Crippen LogP contribution in [-0.4, -0.2) is 41.7 Å². The molecule has 2 N–H and O–H groups in total. The molecule has 3 heterocycles. The number of hydrogen-bond donors (Lipinski definition) is 2. The van der Waals surface area contributed by atoms with Crippen molar-refractivity contribution < 1.29 is 14.3 Å². The van der Waals surface area contributed by atoms with Crippen LogP contribution in [0.15, 0.2) is 22.3 Å². The first kappa shape index (κ1) is 16.0. The molecular weight excluding hydrogens is 345 g/mol. The predicted molar refractivity (Wildman–Crippen MR) is 95.8 cm³/mol. The normalized spacial score (nSPS) is 15.2. The van der Waals surface area contributed by atoms with E-state index >= 15 is 0 Å². The van der Waals surface area contributed by atoms with Crippen LogP contribution >= 0.6 is 11.3 Å². The van der Waals surface area contributed by atoms with Gasteiger partial charge in [-0.05, 0) is 19.1 Å². The van der Waals surface area contributed by atoms with Gasteiger partial charge in [-0.2, -0.15) is 0 Å². The van der Waals surface area contributed by atoms with Gasteiger partial charge >= 0.3 is 5.97 Å². The number of aromatic nitrogens is 1. The topological polar surface area (TPSA) is 74.0 Å². The number of benzene rings is 1. The standard InChI is InChI=1S/C17H16FN3O3S/c1-9-8-25-16-14(17(23)24)15(22)10-6-11(18)13(7-12(10)21(9)16)20-4-2-19-3-5-20/h6-8,19H,2-5H2,1H3,(H,23,24). The fourth-order valence-corrected chi connectivity index (χ4v) is 4.40. The van der Waals surface area contributed by atoms with Crippen LogP contribution in [0.5, 0.6) is 0 Å². The summed E-state index contributed by atoms with van der Waals surface area (Å²) in [5, 5.41) is 14.6. The monoisotopic (exact) mass is 361 g/mol. The molecule has 1 aliphatic heterocycles. The van der Waals surface area contributed by atoms with Gasteiger partial charge in [-0.25, -0.2) is 9.18 Å². The molecule has 0 amide bonds. The molecule has 6 nitrogen and oxygen atoms in total. The number of piperazine rings is 1. The van der Waals surface area contributed by atoms with Gasteiger partial charge < -0.3 is 19.7 Å². The number of fused-ring (bicyclic) bond motifs is 3. The van der Waals surface area contributed by atoms with Crippen molar-refractivity contribution in [2.45, 2.75) is 6.92 Å². The molecule has 1 saturated heterocycles. The van der Waals surface area contributed by atoms with E-state index < -0.39 is 17.2 Å². The van der Waals surface area contributed by atoms with Gasteiger partial charge in [0, 0.05) is 37.3 Å². The predicted octanol–water partition coefficient (Wildman–Crippen LogP) is 2.07. The van der Waals surface area contributed by atoms with Gasteiger partial charge in [0.05, 0.1) is 16.6 Å². The highest BCUT2D eigenvalue weighted by atomic mass is 32.1. The minimum absolute atomic E-state index is 0.0905. The fourth-order valence-electron chi connectivity index (χ4n) is 3.36. The van der Waals surface area contributed by atoms with Crippen LogP contribution in [0, 0.1) is 12.7 Å². The molecule has 0 spiro atoms. The number of aromatic carboxylic acids is 1. The third-order valence-corrected chi connectivity index (χ3v) is 5.63. The first-order valence-electron chi connectivity index (χ1n) is 7.94. The zero-order valence-electron chi connectivity index (χ0n) is 13.5. The summed E-state index contributed by atoms with van der Waals surface area (Å²) >= 11 is 1.21. The number of halogens is 1. The van der Waals surface area contributed by atoms with Gasteiger partial charge in [-0.15, -0.1) is 11.3 Å². The Morgan fingerprint density at radius 2 is 2.04 bits per heavy atom. The lowest BCUT2D eigenvalue weighted by Gasteiger charge is -2.30. The number of nitrogens with zero attached hydrogens (tertiary/aromatic N) is 2. The highest BCUT2D eigenvalue weighted by molar-refractivity contribution is 7.16. The van der Waals surface area contributed by atoms with Gasteiger partial charge in [0.1, 0.15) is 16.2 Å². The SMILES string of the molecule is Cc1csc2c(C(=O)O)c(=O)c3cc(F)c(N4CCNCC4)cc3n12. The number of carboxylic acids is 1. The first-order valence-corrected chi connectivity index (χ1v) is 8.82. The molecule has 0 aliphatic carbocycles. The molecule has 0 radical (unpaired) electrons. The number of rotatable bonds is 2. The highest BCUT2D eigenvalue weighted by Gasteiger charge is 2.23. The molecule has 0 saturated carbocycles. The average molecular weight is 361 g/mol. The third kappa shape index (κ3) is 2.40. The van der Waals surface area contributed by atoms with Gasteiger partial charge in [-0.1, -0.05) is 0 Å². The van der Waals surface area contributed by atoms with Crippen molar-refractivity contribution in [2.24, 2.45) is 0 Å². The lowest BCUT2D eigenvalue weighted by atomic mass is 10.1. The Balaban J connectivity index is 2.09. The Bertz CT molecular complexity index is 1070. The van der Waals surface area contributed by atoms with Crippen molar-refractivity contribution in [3.8, 4) is 0 Å². The molecule has 1 aliphatic rings. The van der Waals surface area contributed by atoms with Crippen LogP contribution in [0.1, 0.15) is 16.1 Å². The second kappa shape index (κ2) is 5.82. The van der Waals surface area contributed by atoms with E-state index in [1.165, 1.54) is 17.4 Å². The largest absolute Gasteiger partial charge is 0.477 e. The number of pyridine rings is 1. The van der Waals surface area contributed by atoms with Crippen LogP contribution < -0.4 is 15.6 Å². The van der Waals surface area contributed by atoms with Gasteiger partial charge in [0.15, 0.2) is 0 Å². The lowest BCUT2D eigenvalue weighted by Crippen LogP contribution is -2.43. The van der Waals surface area contributed by atoms with E-state index in [9.17, 15) is 19.1 Å². The fraction of sp³-hybridized carbons (Fsp3) is 0.294. The minimum atomic E-state index is -1.29. The lowest BCUT2D eigenvalue weighted by molar-refractivity contribution is 0.0697. The second-order valence-electron chi connectivity index (χ2n) is 6.08. The van der Waals surface area contributed by atoms with E-state index in [2.05, 4.69) is 5.32 Å². The van der Waals surface area contributed by atoms with Crippen molar-refractivity contribution in [1.29, 1.82) is 0 Å². The first-order chi connectivity index (χ1) is 12.0. The number of aryl methyl sites for hydroxylation is 1. The Morgan fingerprint density at radius 1 is 1.32 bits per heavy atom. The summed E-state index contributed by atoms with van der Waals surface area (Å²) in [5.41, 5.74) is 0.843. The smallest absolute Gasteiger partial charge is 0.342 e. The van der Waals surface area contributed by atoms with Gasteiger partial charge in [0.2, 0.25) is 5.43 Å². The quantitative estimate of drug-likeness (QED) is 0.731. The number of carboxylic acid groups (broad SMARTS) is 1. The van der Waals surface area contributed by atoms with E-state index in [-0.39, 0.29) is 10.9 Å². The molecule has 2 aromatic heterocycles. The van der Waals surface area contributed by atoms with E-state index in [0.29, 0.717) is 29.1 Å². The van der Waals surface area contributed by atoms with E-state index in [0.717, 1.165) is 18.8 Å². The molecule has 0 atom stereocenters. The molecule has 1 aromatic carbocycles.